The van der Waals surface area contributed by atoms with Crippen LogP contribution < -0.4 is 5.73 Å². The van der Waals surface area contributed by atoms with E-state index in [0.717, 1.165) is 40.4 Å². The monoisotopic (exact) mass is 415 g/mol. The maximum atomic E-state index is 13.4. The first-order valence-corrected chi connectivity index (χ1v) is 10.3. The normalized spacial score (nSPS) is 16.2. The SMILES string of the molecule is Nc1ncc(-c2ccc(F)cc2)c([C@@H]2CCCN2C(=O)Cc2c[nH]c3ccccc23)n1. The Kier molecular flexibility index (Phi) is 4.86. The van der Waals surface area contributed by atoms with Gasteiger partial charge in [0.1, 0.15) is 5.82 Å². The van der Waals surface area contributed by atoms with Gasteiger partial charge in [-0.25, -0.2) is 14.4 Å². The zero-order chi connectivity index (χ0) is 21.4. The summed E-state index contributed by atoms with van der Waals surface area (Å²) in [7, 11) is 0. The Hall–Kier alpha value is -3.74. The molecule has 2 aromatic carbocycles. The molecule has 0 spiro atoms. The molecule has 2 aromatic heterocycles. The first-order valence-electron chi connectivity index (χ1n) is 10.3. The number of para-hydroxylation sites is 1. The molecule has 1 aliphatic heterocycles. The molecule has 0 bridgehead atoms. The summed E-state index contributed by atoms with van der Waals surface area (Å²) >= 11 is 0. The molecule has 1 atom stereocenters. The van der Waals surface area contributed by atoms with Crippen LogP contribution in [0.4, 0.5) is 10.3 Å². The zero-order valence-corrected chi connectivity index (χ0v) is 16.9. The number of H-pyrrole nitrogens is 1. The zero-order valence-electron chi connectivity index (χ0n) is 16.9. The molecule has 6 nitrogen and oxygen atoms in total. The highest BCUT2D eigenvalue weighted by molar-refractivity contribution is 5.89. The van der Waals surface area contributed by atoms with Crippen molar-refractivity contribution in [3.05, 3.63) is 78.0 Å². The van der Waals surface area contributed by atoms with Crippen molar-refractivity contribution < 1.29 is 9.18 Å². The lowest BCUT2D eigenvalue weighted by molar-refractivity contribution is -0.131. The van der Waals surface area contributed by atoms with Gasteiger partial charge < -0.3 is 15.6 Å². The van der Waals surface area contributed by atoms with E-state index in [0.29, 0.717) is 18.7 Å². The number of nitrogens with zero attached hydrogens (tertiary/aromatic N) is 3. The summed E-state index contributed by atoms with van der Waals surface area (Å²) in [5.41, 5.74) is 10.2. The number of anilines is 1. The van der Waals surface area contributed by atoms with Gasteiger partial charge in [-0.15, -0.1) is 0 Å². The second-order valence-corrected chi connectivity index (χ2v) is 7.82. The van der Waals surface area contributed by atoms with Crippen LogP contribution in [0.25, 0.3) is 22.0 Å². The van der Waals surface area contributed by atoms with Crippen LogP contribution in [0, 0.1) is 5.82 Å². The number of likely N-dealkylation sites (tertiary alicyclic amines) is 1. The van der Waals surface area contributed by atoms with Crippen LogP contribution in [0.3, 0.4) is 0 Å². The maximum Gasteiger partial charge on any atom is 0.227 e. The number of carbonyl (C=O) groups excluding carboxylic acids is 1. The van der Waals surface area contributed by atoms with E-state index in [1.807, 2.05) is 35.4 Å². The minimum absolute atomic E-state index is 0.0505. The van der Waals surface area contributed by atoms with Crippen molar-refractivity contribution in [2.75, 3.05) is 12.3 Å². The van der Waals surface area contributed by atoms with Crippen LogP contribution in [0.2, 0.25) is 0 Å². The molecule has 31 heavy (non-hydrogen) atoms. The van der Waals surface area contributed by atoms with Crippen LogP contribution in [0.5, 0.6) is 0 Å². The molecule has 1 saturated heterocycles. The number of aromatic nitrogens is 3. The number of rotatable bonds is 4. The quantitative estimate of drug-likeness (QED) is 0.522. The predicted molar refractivity (Wildman–Crippen MR) is 118 cm³/mol. The number of amides is 1. The topological polar surface area (TPSA) is 87.9 Å². The van der Waals surface area contributed by atoms with E-state index in [4.69, 9.17) is 5.73 Å². The molecule has 3 N–H and O–H groups in total. The van der Waals surface area contributed by atoms with Gasteiger partial charge in [0.15, 0.2) is 0 Å². The fourth-order valence-corrected chi connectivity index (χ4v) is 4.41. The average molecular weight is 415 g/mol. The molecule has 1 aliphatic rings. The van der Waals surface area contributed by atoms with Crippen LogP contribution >= 0.6 is 0 Å². The molecule has 0 radical (unpaired) electrons. The van der Waals surface area contributed by atoms with E-state index < -0.39 is 0 Å². The number of hydrogen-bond donors (Lipinski definition) is 2. The van der Waals surface area contributed by atoms with E-state index in [2.05, 4.69) is 15.0 Å². The van der Waals surface area contributed by atoms with Crippen LogP contribution in [0.15, 0.2) is 60.9 Å². The molecular formula is C24H22FN5O. The number of nitrogens with two attached hydrogens (primary N) is 1. The third-order valence-electron chi connectivity index (χ3n) is 5.90. The van der Waals surface area contributed by atoms with E-state index in [1.165, 1.54) is 12.1 Å². The molecule has 0 saturated carbocycles. The number of fused-ring (bicyclic) bond motifs is 1. The van der Waals surface area contributed by atoms with E-state index in [9.17, 15) is 9.18 Å². The van der Waals surface area contributed by atoms with Gasteiger partial charge in [-0.05, 0) is 42.2 Å². The highest BCUT2D eigenvalue weighted by Gasteiger charge is 2.33. The summed E-state index contributed by atoms with van der Waals surface area (Å²) in [6.07, 6.45) is 5.56. The number of nitrogens with one attached hydrogen (secondary N) is 1. The lowest BCUT2D eigenvalue weighted by atomic mass is 9.99. The van der Waals surface area contributed by atoms with Crippen molar-refractivity contribution >= 4 is 22.8 Å². The lowest BCUT2D eigenvalue weighted by Gasteiger charge is -2.26. The molecule has 0 aliphatic carbocycles. The highest BCUT2D eigenvalue weighted by atomic mass is 19.1. The first kappa shape index (κ1) is 19.2. The van der Waals surface area contributed by atoms with Crippen molar-refractivity contribution in [1.29, 1.82) is 0 Å². The van der Waals surface area contributed by atoms with Gasteiger partial charge in [0.2, 0.25) is 11.9 Å². The number of carbonyl (C=O) groups is 1. The second-order valence-electron chi connectivity index (χ2n) is 7.82. The predicted octanol–water partition coefficient (Wildman–Crippen LogP) is 4.25. The second kappa shape index (κ2) is 7.83. The van der Waals surface area contributed by atoms with Crippen molar-refractivity contribution in [2.45, 2.75) is 25.3 Å². The minimum Gasteiger partial charge on any atom is -0.368 e. The molecule has 0 unspecified atom stereocenters. The van der Waals surface area contributed by atoms with Gasteiger partial charge in [-0.2, -0.15) is 0 Å². The van der Waals surface area contributed by atoms with Gasteiger partial charge in [0.05, 0.1) is 18.2 Å². The summed E-state index contributed by atoms with van der Waals surface area (Å²) in [5.74, 6) is -0.0932. The molecule has 4 aromatic rings. The van der Waals surface area contributed by atoms with Gasteiger partial charge in [-0.1, -0.05) is 30.3 Å². The van der Waals surface area contributed by atoms with E-state index in [-0.39, 0.29) is 23.7 Å². The number of hydrogen-bond acceptors (Lipinski definition) is 4. The maximum absolute atomic E-state index is 13.4. The van der Waals surface area contributed by atoms with E-state index in [1.54, 1.807) is 18.3 Å². The molecule has 1 fully saturated rings. The Morgan fingerprint density at radius 2 is 2.00 bits per heavy atom. The Labute approximate surface area is 178 Å². The molecule has 156 valence electrons. The Balaban J connectivity index is 1.47. The minimum atomic E-state index is -0.307. The highest BCUT2D eigenvalue weighted by Crippen LogP contribution is 2.37. The van der Waals surface area contributed by atoms with Gasteiger partial charge >= 0.3 is 0 Å². The summed E-state index contributed by atoms with van der Waals surface area (Å²) in [6, 6.07) is 14.0. The number of nitrogen functional groups attached to an aromatic ring is 1. The fourth-order valence-electron chi connectivity index (χ4n) is 4.41. The lowest BCUT2D eigenvalue weighted by Crippen LogP contribution is -2.32. The third kappa shape index (κ3) is 3.63. The molecule has 7 heteroatoms. The number of halogens is 1. The largest absolute Gasteiger partial charge is 0.368 e. The van der Waals surface area contributed by atoms with E-state index >= 15 is 0 Å². The summed E-state index contributed by atoms with van der Waals surface area (Å²) in [4.78, 5) is 27.1. The van der Waals surface area contributed by atoms with Gasteiger partial charge in [0.25, 0.3) is 0 Å². The number of aromatic amines is 1. The third-order valence-corrected chi connectivity index (χ3v) is 5.90. The van der Waals surface area contributed by atoms with Gasteiger partial charge in [0, 0.05) is 35.4 Å². The number of benzene rings is 2. The summed E-state index contributed by atoms with van der Waals surface area (Å²) in [6.45, 7) is 0.665. The summed E-state index contributed by atoms with van der Waals surface area (Å²) in [5, 5.41) is 1.06. The standard InChI is InChI=1S/C24H22FN5O/c25-17-9-7-15(8-10-17)19-14-28-24(26)29-23(19)21-6-3-11-30(21)22(31)12-16-13-27-20-5-2-1-4-18(16)20/h1-2,4-5,7-10,13-14,21,27H,3,6,11-12H2,(H2,26,28,29)/t21-/m0/s1. The molecule has 1 amide bonds. The molecule has 3 heterocycles. The van der Waals surface area contributed by atoms with Crippen molar-refractivity contribution in [2.24, 2.45) is 0 Å². The van der Waals surface area contributed by atoms with Crippen molar-refractivity contribution in [3.8, 4) is 11.1 Å². The first-order chi connectivity index (χ1) is 15.1. The average Bonchev–Trinajstić information content (AvgIpc) is 3.42. The molecular weight excluding hydrogens is 393 g/mol. The van der Waals surface area contributed by atoms with Crippen molar-refractivity contribution in [3.63, 3.8) is 0 Å². The Morgan fingerprint density at radius 1 is 1.19 bits per heavy atom. The van der Waals surface area contributed by atoms with Crippen molar-refractivity contribution in [1.82, 2.24) is 19.9 Å². The Morgan fingerprint density at radius 3 is 2.84 bits per heavy atom. The van der Waals surface area contributed by atoms with Gasteiger partial charge in [-0.3, -0.25) is 4.79 Å². The smallest absolute Gasteiger partial charge is 0.227 e. The summed E-state index contributed by atoms with van der Waals surface area (Å²) < 4.78 is 13.4. The van der Waals surface area contributed by atoms with Crippen LogP contribution in [-0.2, 0) is 11.2 Å². The molecule has 5 rings (SSSR count). The van der Waals surface area contributed by atoms with Crippen LogP contribution in [-0.4, -0.2) is 32.3 Å². The Bertz CT molecular complexity index is 1250. The fraction of sp³-hybridized carbons (Fsp3) is 0.208. The van der Waals surface area contributed by atoms with Crippen LogP contribution in [0.1, 0.15) is 30.1 Å².